The van der Waals surface area contributed by atoms with E-state index in [1.165, 1.54) is 0 Å². The van der Waals surface area contributed by atoms with Gasteiger partial charge in [0.05, 0.1) is 11.0 Å². The van der Waals surface area contributed by atoms with Gasteiger partial charge in [0, 0.05) is 18.8 Å². The van der Waals surface area contributed by atoms with E-state index < -0.39 is 10.0 Å². The molecule has 6 heteroatoms. The molecule has 5 nitrogen and oxygen atoms in total. The summed E-state index contributed by atoms with van der Waals surface area (Å²) in [6, 6.07) is 6.54. The minimum absolute atomic E-state index is 0.252. The van der Waals surface area contributed by atoms with Crippen molar-refractivity contribution >= 4 is 15.7 Å². The average molecular weight is 284 g/mol. The Balaban J connectivity index is 1.94. The summed E-state index contributed by atoms with van der Waals surface area (Å²) in [6.45, 7) is 2.62. The largest absolute Gasteiger partial charge is 0.391 e. The molecule has 1 aromatic carbocycles. The Labute approximate surface area is 114 Å². The molecule has 0 aromatic heterocycles. The molecule has 1 aromatic rings. The highest BCUT2D eigenvalue weighted by Crippen LogP contribution is 2.32. The van der Waals surface area contributed by atoms with Crippen LogP contribution in [0.2, 0.25) is 0 Å². The summed E-state index contributed by atoms with van der Waals surface area (Å²) in [4.78, 5) is 0.252. The zero-order valence-corrected chi connectivity index (χ0v) is 11.8. The van der Waals surface area contributed by atoms with Crippen LogP contribution in [0.15, 0.2) is 29.2 Å². The number of benzene rings is 1. The minimum Gasteiger partial charge on any atom is -0.391 e. The van der Waals surface area contributed by atoms with Gasteiger partial charge in [0.2, 0.25) is 10.0 Å². The molecule has 0 amide bonds. The van der Waals surface area contributed by atoms with E-state index in [1.54, 1.807) is 31.2 Å². The van der Waals surface area contributed by atoms with Crippen molar-refractivity contribution in [2.75, 3.05) is 18.4 Å². The van der Waals surface area contributed by atoms with E-state index in [0.29, 0.717) is 19.0 Å². The van der Waals surface area contributed by atoms with Crippen LogP contribution in [0.5, 0.6) is 0 Å². The molecule has 0 heterocycles. The summed E-state index contributed by atoms with van der Waals surface area (Å²) in [5.41, 5.74) is 0.815. The Hall–Kier alpha value is -1.11. The highest BCUT2D eigenvalue weighted by atomic mass is 32.2. The maximum Gasteiger partial charge on any atom is 0.240 e. The van der Waals surface area contributed by atoms with Gasteiger partial charge in [-0.1, -0.05) is 6.92 Å². The van der Waals surface area contributed by atoms with Crippen molar-refractivity contribution in [3.05, 3.63) is 24.3 Å². The van der Waals surface area contributed by atoms with Crippen LogP contribution in [0, 0.1) is 5.92 Å². The predicted molar refractivity (Wildman–Crippen MR) is 74.5 cm³/mol. The first-order valence-electron chi connectivity index (χ1n) is 6.54. The second-order valence-corrected chi connectivity index (χ2v) is 6.58. The molecule has 1 unspecified atom stereocenters. The lowest BCUT2D eigenvalue weighted by atomic mass is 10.2. The fourth-order valence-corrected chi connectivity index (χ4v) is 2.94. The van der Waals surface area contributed by atoms with Crippen molar-refractivity contribution < 1.29 is 13.5 Å². The van der Waals surface area contributed by atoms with Gasteiger partial charge in [-0.25, -0.2) is 13.1 Å². The number of sulfonamides is 1. The van der Waals surface area contributed by atoms with Crippen molar-refractivity contribution in [1.82, 2.24) is 4.72 Å². The summed E-state index contributed by atoms with van der Waals surface area (Å²) in [5, 5.41) is 12.8. The number of anilines is 1. The lowest BCUT2D eigenvalue weighted by molar-refractivity contribution is 0.164. The van der Waals surface area contributed by atoms with Crippen molar-refractivity contribution in [2.24, 2.45) is 5.92 Å². The molecular weight excluding hydrogens is 264 g/mol. The molecule has 0 radical (unpaired) electrons. The number of aliphatic hydroxyl groups is 1. The lowest BCUT2D eigenvalue weighted by Gasteiger charge is -2.12. The first kappa shape index (κ1) is 14.3. The summed E-state index contributed by atoms with van der Waals surface area (Å²) < 4.78 is 25.9. The highest BCUT2D eigenvalue weighted by Gasteiger charge is 2.29. The van der Waals surface area contributed by atoms with Crippen molar-refractivity contribution in [3.8, 4) is 0 Å². The Bertz CT molecular complexity index is 509. The Kier molecular flexibility index (Phi) is 4.44. The third kappa shape index (κ3) is 3.92. The third-order valence-electron chi connectivity index (χ3n) is 3.18. The molecule has 0 saturated heterocycles. The molecule has 0 aliphatic heterocycles. The molecule has 1 aliphatic carbocycles. The molecule has 0 spiro atoms. The third-order valence-corrected chi connectivity index (χ3v) is 4.74. The van der Waals surface area contributed by atoms with E-state index in [1.807, 2.05) is 0 Å². The van der Waals surface area contributed by atoms with Crippen LogP contribution in [0.3, 0.4) is 0 Å². The fraction of sp³-hybridized carbons (Fsp3) is 0.538. The standard InChI is InChI=1S/C13H20N2O3S/c1-2-15-19(17,18)12-7-5-11(6-8-12)14-9-13(16)10-3-4-10/h5-8,10,13-16H,2-4,9H2,1H3. The second kappa shape index (κ2) is 5.90. The van der Waals surface area contributed by atoms with E-state index in [4.69, 9.17) is 0 Å². The van der Waals surface area contributed by atoms with Gasteiger partial charge in [-0.3, -0.25) is 0 Å². The Morgan fingerprint density at radius 1 is 1.32 bits per heavy atom. The number of nitrogens with one attached hydrogen (secondary N) is 2. The molecule has 1 saturated carbocycles. The zero-order chi connectivity index (χ0) is 13.9. The zero-order valence-electron chi connectivity index (χ0n) is 11.0. The van der Waals surface area contributed by atoms with E-state index in [9.17, 15) is 13.5 Å². The maximum atomic E-state index is 11.7. The van der Waals surface area contributed by atoms with Crippen LogP contribution in [0.1, 0.15) is 19.8 Å². The predicted octanol–water partition coefficient (Wildman–Crippen LogP) is 1.17. The SMILES string of the molecule is CCNS(=O)(=O)c1ccc(NCC(O)C2CC2)cc1. The van der Waals surface area contributed by atoms with Crippen molar-refractivity contribution in [1.29, 1.82) is 0 Å². The lowest BCUT2D eigenvalue weighted by Crippen LogP contribution is -2.23. The minimum atomic E-state index is -3.39. The summed E-state index contributed by atoms with van der Waals surface area (Å²) in [5.74, 6) is 0.431. The van der Waals surface area contributed by atoms with Gasteiger partial charge >= 0.3 is 0 Å². The Morgan fingerprint density at radius 3 is 2.47 bits per heavy atom. The Morgan fingerprint density at radius 2 is 1.95 bits per heavy atom. The second-order valence-electron chi connectivity index (χ2n) is 4.81. The smallest absolute Gasteiger partial charge is 0.240 e. The van der Waals surface area contributed by atoms with Gasteiger partial charge in [0.25, 0.3) is 0 Å². The van der Waals surface area contributed by atoms with Crippen LogP contribution in [-0.2, 0) is 10.0 Å². The topological polar surface area (TPSA) is 78.4 Å². The van der Waals surface area contributed by atoms with Gasteiger partial charge in [0.15, 0.2) is 0 Å². The average Bonchev–Trinajstić information content (AvgIpc) is 3.20. The summed E-state index contributed by atoms with van der Waals surface area (Å²) in [7, 11) is -3.39. The van der Waals surface area contributed by atoms with E-state index >= 15 is 0 Å². The van der Waals surface area contributed by atoms with Crippen molar-refractivity contribution in [2.45, 2.75) is 30.8 Å². The van der Waals surface area contributed by atoms with Gasteiger partial charge in [-0.15, -0.1) is 0 Å². The molecule has 19 heavy (non-hydrogen) atoms. The first-order chi connectivity index (χ1) is 9.03. The van der Waals surface area contributed by atoms with Crippen LogP contribution in [-0.4, -0.2) is 32.7 Å². The monoisotopic (exact) mass is 284 g/mol. The van der Waals surface area contributed by atoms with E-state index in [0.717, 1.165) is 18.5 Å². The molecule has 3 N–H and O–H groups in total. The molecule has 106 valence electrons. The van der Waals surface area contributed by atoms with Crippen LogP contribution in [0.25, 0.3) is 0 Å². The molecular formula is C13H20N2O3S. The maximum absolute atomic E-state index is 11.7. The summed E-state index contributed by atoms with van der Waals surface area (Å²) >= 11 is 0. The van der Waals surface area contributed by atoms with Crippen LogP contribution in [0.4, 0.5) is 5.69 Å². The van der Waals surface area contributed by atoms with Gasteiger partial charge in [-0.2, -0.15) is 0 Å². The number of hydrogen-bond donors (Lipinski definition) is 3. The molecule has 1 atom stereocenters. The fourth-order valence-electron chi connectivity index (χ4n) is 1.90. The van der Waals surface area contributed by atoms with Gasteiger partial charge in [-0.05, 0) is 43.0 Å². The molecule has 1 fully saturated rings. The summed E-state index contributed by atoms with van der Waals surface area (Å²) in [6.07, 6.45) is 1.89. The first-order valence-corrected chi connectivity index (χ1v) is 8.03. The van der Waals surface area contributed by atoms with E-state index in [2.05, 4.69) is 10.0 Å². The van der Waals surface area contributed by atoms with Gasteiger partial charge in [0.1, 0.15) is 0 Å². The number of hydrogen-bond acceptors (Lipinski definition) is 4. The molecule has 0 bridgehead atoms. The number of rotatable bonds is 7. The molecule has 2 rings (SSSR count). The van der Waals surface area contributed by atoms with Gasteiger partial charge < -0.3 is 10.4 Å². The highest BCUT2D eigenvalue weighted by molar-refractivity contribution is 7.89. The molecule has 1 aliphatic rings. The quantitative estimate of drug-likeness (QED) is 0.702. The van der Waals surface area contributed by atoms with Crippen molar-refractivity contribution in [3.63, 3.8) is 0 Å². The normalized spacial score (nSPS) is 17.2. The van der Waals surface area contributed by atoms with Crippen LogP contribution < -0.4 is 10.0 Å². The number of aliphatic hydroxyl groups excluding tert-OH is 1. The van der Waals surface area contributed by atoms with Crippen LogP contribution >= 0.6 is 0 Å². The van der Waals surface area contributed by atoms with E-state index in [-0.39, 0.29) is 11.0 Å².